The predicted molar refractivity (Wildman–Crippen MR) is 124 cm³/mol. The van der Waals surface area contributed by atoms with Gasteiger partial charge in [0.05, 0.1) is 6.04 Å². The summed E-state index contributed by atoms with van der Waals surface area (Å²) < 4.78 is 17.3. The summed E-state index contributed by atoms with van der Waals surface area (Å²) in [7, 11) is 1.87. The van der Waals surface area contributed by atoms with Crippen molar-refractivity contribution in [3.8, 4) is 0 Å². The first-order chi connectivity index (χ1) is 13.5. The van der Waals surface area contributed by atoms with Gasteiger partial charge >= 0.3 is 0 Å². The summed E-state index contributed by atoms with van der Waals surface area (Å²) in [4.78, 5) is 15.5. The minimum Gasteiger partial charge on any atom is -0.598 e. The third kappa shape index (κ3) is 4.65. The zero-order valence-electron chi connectivity index (χ0n) is 18.8. The molecule has 1 N–H and O–H groups in total. The van der Waals surface area contributed by atoms with Gasteiger partial charge in [-0.1, -0.05) is 13.0 Å². The topological polar surface area (TPSA) is 60.3 Å². The zero-order valence-corrected chi connectivity index (χ0v) is 19.7. The molecular formula is C23H35N3O2S. The van der Waals surface area contributed by atoms with Crippen molar-refractivity contribution in [2.45, 2.75) is 65.2 Å². The van der Waals surface area contributed by atoms with E-state index in [1.54, 1.807) is 4.57 Å². The number of nitrogens with zero attached hydrogens (tertiary/aromatic N) is 2. The largest absolute Gasteiger partial charge is 0.598 e. The summed E-state index contributed by atoms with van der Waals surface area (Å²) in [5.74, 6) is 1.71. The number of fused-ring (bicyclic) bond motifs is 1. The Morgan fingerprint density at radius 2 is 1.79 bits per heavy atom. The van der Waals surface area contributed by atoms with Crippen LogP contribution in [0.4, 0.5) is 5.82 Å². The second kappa shape index (κ2) is 8.32. The van der Waals surface area contributed by atoms with Crippen LogP contribution in [0.3, 0.4) is 0 Å². The SMILES string of the molecule is Cc1cc([C@@H](C)N[S+]([O-])C(C)(C)C)c2cc(N3CCC(C)CC3)n(C)c(=O)c2c1. The monoisotopic (exact) mass is 417 g/mol. The maximum atomic E-state index is 13.2. The van der Waals surface area contributed by atoms with Gasteiger partial charge < -0.3 is 9.45 Å². The molecule has 6 heteroatoms. The van der Waals surface area contributed by atoms with Crippen LogP contribution >= 0.6 is 0 Å². The van der Waals surface area contributed by atoms with Crippen LogP contribution in [-0.2, 0) is 18.4 Å². The molecule has 0 radical (unpaired) electrons. The van der Waals surface area contributed by atoms with E-state index in [9.17, 15) is 9.35 Å². The Hall–Kier alpha value is -1.50. The molecule has 0 saturated carbocycles. The van der Waals surface area contributed by atoms with Crippen molar-refractivity contribution in [2.75, 3.05) is 18.0 Å². The van der Waals surface area contributed by atoms with Crippen molar-refractivity contribution in [1.29, 1.82) is 0 Å². The number of aromatic nitrogens is 1. The average molecular weight is 418 g/mol. The van der Waals surface area contributed by atoms with E-state index in [1.807, 2.05) is 47.7 Å². The molecule has 1 aliphatic rings. The highest BCUT2D eigenvalue weighted by Crippen LogP contribution is 2.30. The van der Waals surface area contributed by atoms with Gasteiger partial charge in [-0.15, -0.1) is 4.72 Å². The minimum atomic E-state index is -1.18. The quantitative estimate of drug-likeness (QED) is 0.758. The molecule has 1 unspecified atom stereocenters. The van der Waals surface area contributed by atoms with Crippen molar-refractivity contribution in [3.05, 3.63) is 39.7 Å². The molecule has 2 heterocycles. The first kappa shape index (κ1) is 22.2. The van der Waals surface area contributed by atoms with Crippen molar-refractivity contribution in [2.24, 2.45) is 13.0 Å². The summed E-state index contributed by atoms with van der Waals surface area (Å²) >= 11 is -1.18. The summed E-state index contributed by atoms with van der Waals surface area (Å²) in [5, 5.41) is 1.69. The lowest BCUT2D eigenvalue weighted by molar-refractivity contribution is 0.434. The van der Waals surface area contributed by atoms with E-state index >= 15 is 0 Å². The van der Waals surface area contributed by atoms with E-state index < -0.39 is 11.4 Å². The Morgan fingerprint density at radius 3 is 2.38 bits per heavy atom. The smallest absolute Gasteiger partial charge is 0.259 e. The number of aryl methyl sites for hydroxylation is 1. The summed E-state index contributed by atoms with van der Waals surface area (Å²) in [5.41, 5.74) is 2.10. The summed E-state index contributed by atoms with van der Waals surface area (Å²) in [6.07, 6.45) is 2.30. The first-order valence-corrected chi connectivity index (χ1v) is 11.7. The molecule has 5 nitrogen and oxygen atoms in total. The number of rotatable bonds is 4. The van der Waals surface area contributed by atoms with Crippen LogP contribution in [0, 0.1) is 12.8 Å². The van der Waals surface area contributed by atoms with E-state index in [4.69, 9.17) is 0 Å². The van der Waals surface area contributed by atoms with Gasteiger partial charge in [0.1, 0.15) is 10.6 Å². The van der Waals surface area contributed by atoms with Crippen LogP contribution in [-0.4, -0.2) is 27.0 Å². The van der Waals surface area contributed by atoms with Crippen LogP contribution < -0.4 is 15.2 Å². The molecular weight excluding hydrogens is 382 g/mol. The summed E-state index contributed by atoms with van der Waals surface area (Å²) in [6, 6.07) is 6.11. The standard InChI is InChI=1S/C23H35N3O2S/c1-15-8-10-26(11-9-15)21-14-19-18(17(3)24-29(28)23(4,5)6)12-16(2)13-20(19)22(27)25(21)7/h12-15,17,24H,8-11H2,1-7H3/t17-,29?/m1/s1. The van der Waals surface area contributed by atoms with Crippen molar-refractivity contribution >= 4 is 28.0 Å². The number of hydrogen-bond acceptors (Lipinski definition) is 4. The molecule has 29 heavy (non-hydrogen) atoms. The second-order valence-electron chi connectivity index (χ2n) is 9.57. The number of pyridine rings is 1. The Kier molecular flexibility index (Phi) is 6.37. The van der Waals surface area contributed by atoms with Crippen molar-refractivity contribution in [1.82, 2.24) is 9.29 Å². The lowest BCUT2D eigenvalue weighted by atomic mass is 9.97. The van der Waals surface area contributed by atoms with Crippen molar-refractivity contribution in [3.63, 3.8) is 0 Å². The van der Waals surface area contributed by atoms with Crippen LogP contribution in [0.5, 0.6) is 0 Å². The van der Waals surface area contributed by atoms with Crippen molar-refractivity contribution < 1.29 is 4.55 Å². The number of nitrogens with one attached hydrogen (secondary N) is 1. The van der Waals surface area contributed by atoms with Gasteiger partial charge in [-0.2, -0.15) is 0 Å². The first-order valence-electron chi connectivity index (χ1n) is 10.6. The van der Waals surface area contributed by atoms with Crippen LogP contribution in [0.25, 0.3) is 10.8 Å². The van der Waals surface area contributed by atoms with Gasteiger partial charge in [0.2, 0.25) is 0 Å². The molecule has 1 aromatic heterocycles. The van der Waals surface area contributed by atoms with E-state index in [1.165, 1.54) is 0 Å². The van der Waals surface area contributed by atoms with Gasteiger partial charge in [-0.25, -0.2) is 0 Å². The Morgan fingerprint density at radius 1 is 1.17 bits per heavy atom. The molecule has 1 aliphatic heterocycles. The molecule has 0 aliphatic carbocycles. The molecule has 1 saturated heterocycles. The molecule has 3 rings (SSSR count). The summed E-state index contributed by atoms with van der Waals surface area (Å²) in [6.45, 7) is 14.2. The molecule has 2 aromatic rings. The third-order valence-corrected chi connectivity index (χ3v) is 7.60. The lowest BCUT2D eigenvalue weighted by Gasteiger charge is -2.33. The molecule has 1 aromatic carbocycles. The van der Waals surface area contributed by atoms with Gasteiger partial charge in [0.25, 0.3) is 5.56 Å². The molecule has 1 fully saturated rings. The number of benzene rings is 1. The lowest BCUT2D eigenvalue weighted by Crippen LogP contribution is -2.40. The van der Waals surface area contributed by atoms with Crippen LogP contribution in [0.2, 0.25) is 0 Å². The molecule has 2 atom stereocenters. The maximum absolute atomic E-state index is 13.2. The van der Waals surface area contributed by atoms with Gasteiger partial charge in [0, 0.05) is 36.9 Å². The molecule has 0 bridgehead atoms. The normalized spacial score (nSPS) is 18.3. The second-order valence-corrected chi connectivity index (χ2v) is 11.6. The minimum absolute atomic E-state index is 0.0326. The van der Waals surface area contributed by atoms with Gasteiger partial charge in [-0.05, 0) is 82.0 Å². The molecule has 160 valence electrons. The fraction of sp³-hybridized carbons (Fsp3) is 0.609. The van der Waals surface area contributed by atoms with Crippen LogP contribution in [0.15, 0.2) is 23.0 Å². The maximum Gasteiger partial charge on any atom is 0.259 e. The van der Waals surface area contributed by atoms with Gasteiger partial charge in [0.15, 0.2) is 0 Å². The Labute approximate surface area is 177 Å². The molecule has 0 spiro atoms. The molecule has 0 amide bonds. The van der Waals surface area contributed by atoms with E-state index in [2.05, 4.69) is 28.7 Å². The van der Waals surface area contributed by atoms with E-state index in [-0.39, 0.29) is 16.3 Å². The fourth-order valence-corrected chi connectivity index (χ4v) is 4.78. The highest BCUT2D eigenvalue weighted by molar-refractivity contribution is 7.90. The predicted octanol–water partition coefficient (Wildman–Crippen LogP) is 4.20. The highest BCUT2D eigenvalue weighted by atomic mass is 32.2. The Balaban J connectivity index is 2.09. The third-order valence-electron chi connectivity index (χ3n) is 5.92. The number of hydrogen-bond donors (Lipinski definition) is 1. The number of piperidine rings is 1. The fourth-order valence-electron chi connectivity index (χ4n) is 3.97. The van der Waals surface area contributed by atoms with E-state index in [0.717, 1.165) is 59.6 Å². The van der Waals surface area contributed by atoms with Gasteiger partial charge in [-0.3, -0.25) is 9.36 Å². The van der Waals surface area contributed by atoms with E-state index in [0.29, 0.717) is 0 Å². The zero-order chi connectivity index (χ0) is 21.5. The Bertz CT molecular complexity index is 940. The number of anilines is 1. The van der Waals surface area contributed by atoms with Crippen LogP contribution in [0.1, 0.15) is 64.6 Å². The highest BCUT2D eigenvalue weighted by Gasteiger charge is 2.29. The average Bonchev–Trinajstić information content (AvgIpc) is 2.64.